The molecular formula is C13H22ClN3S. The van der Waals surface area contributed by atoms with Crippen molar-refractivity contribution in [3.8, 4) is 0 Å². The second-order valence-corrected chi connectivity index (χ2v) is 5.53. The van der Waals surface area contributed by atoms with Gasteiger partial charge in [-0.2, -0.15) is 0 Å². The minimum absolute atomic E-state index is 0.590. The maximum atomic E-state index is 6.12. The van der Waals surface area contributed by atoms with E-state index >= 15 is 0 Å². The van der Waals surface area contributed by atoms with Gasteiger partial charge >= 0.3 is 0 Å². The molecule has 0 bridgehead atoms. The van der Waals surface area contributed by atoms with E-state index in [0.717, 1.165) is 48.2 Å². The topological polar surface area (TPSA) is 29.0 Å². The first-order valence-corrected chi connectivity index (χ1v) is 7.86. The normalized spacial score (nSPS) is 11.2. The van der Waals surface area contributed by atoms with Gasteiger partial charge in [0.1, 0.15) is 16.0 Å². The van der Waals surface area contributed by atoms with E-state index in [-0.39, 0.29) is 0 Å². The predicted octanol–water partition coefficient (Wildman–Crippen LogP) is 3.43. The molecule has 0 fully saturated rings. The van der Waals surface area contributed by atoms with Crippen molar-refractivity contribution in [2.45, 2.75) is 39.1 Å². The number of thioether (sulfide) groups is 1. The lowest BCUT2D eigenvalue weighted by molar-refractivity contribution is 0.324. The summed E-state index contributed by atoms with van der Waals surface area (Å²) in [4.78, 5) is 11.2. The molecule has 0 aliphatic heterocycles. The third-order valence-corrected chi connectivity index (χ3v) is 4.37. The number of hydrogen-bond donors (Lipinski definition) is 0. The van der Waals surface area contributed by atoms with E-state index in [1.165, 1.54) is 0 Å². The Balaban J connectivity index is 2.64. The van der Waals surface area contributed by atoms with Gasteiger partial charge in [0.15, 0.2) is 0 Å². The van der Waals surface area contributed by atoms with Crippen molar-refractivity contribution in [1.29, 1.82) is 0 Å². The first-order chi connectivity index (χ1) is 8.62. The van der Waals surface area contributed by atoms with Gasteiger partial charge in [-0.3, -0.25) is 0 Å². The van der Waals surface area contributed by atoms with Crippen LogP contribution in [0, 0.1) is 6.92 Å². The Morgan fingerprint density at radius 3 is 2.39 bits per heavy atom. The van der Waals surface area contributed by atoms with Crippen LogP contribution in [0.25, 0.3) is 0 Å². The number of aryl methyl sites for hydroxylation is 1. The van der Waals surface area contributed by atoms with Gasteiger partial charge in [-0.25, -0.2) is 9.97 Å². The van der Waals surface area contributed by atoms with Crippen molar-refractivity contribution in [1.82, 2.24) is 14.9 Å². The molecule has 18 heavy (non-hydrogen) atoms. The minimum Gasteiger partial charge on any atom is -0.303 e. The van der Waals surface area contributed by atoms with Crippen molar-refractivity contribution in [2.24, 2.45) is 0 Å². The fourth-order valence-electron chi connectivity index (χ4n) is 1.62. The SMILES string of the molecule is CCc1nc(Cl)c(C)c(SCCN(CC)CC)n1. The third kappa shape index (κ3) is 4.41. The van der Waals surface area contributed by atoms with Crippen LogP contribution in [0.2, 0.25) is 5.15 Å². The predicted molar refractivity (Wildman–Crippen MR) is 79.7 cm³/mol. The zero-order valence-corrected chi connectivity index (χ0v) is 13.2. The molecule has 1 heterocycles. The minimum atomic E-state index is 0.590. The fraction of sp³-hybridized carbons (Fsp3) is 0.692. The van der Waals surface area contributed by atoms with Crippen LogP contribution in [0.5, 0.6) is 0 Å². The van der Waals surface area contributed by atoms with Gasteiger partial charge in [0.05, 0.1) is 0 Å². The Hall–Kier alpha value is -0.320. The highest BCUT2D eigenvalue weighted by molar-refractivity contribution is 7.99. The van der Waals surface area contributed by atoms with Gasteiger partial charge in [-0.05, 0) is 20.0 Å². The fourth-order valence-corrected chi connectivity index (χ4v) is 2.89. The summed E-state index contributed by atoms with van der Waals surface area (Å²) < 4.78 is 0. The first-order valence-electron chi connectivity index (χ1n) is 6.50. The molecule has 0 atom stereocenters. The summed E-state index contributed by atoms with van der Waals surface area (Å²) >= 11 is 7.89. The van der Waals surface area contributed by atoms with Crippen LogP contribution >= 0.6 is 23.4 Å². The van der Waals surface area contributed by atoms with Gasteiger partial charge in [0.25, 0.3) is 0 Å². The molecule has 0 saturated heterocycles. The molecule has 0 radical (unpaired) electrons. The van der Waals surface area contributed by atoms with Crippen molar-refractivity contribution >= 4 is 23.4 Å². The molecule has 0 unspecified atom stereocenters. The lowest BCUT2D eigenvalue weighted by Crippen LogP contribution is -2.25. The first kappa shape index (κ1) is 15.7. The highest BCUT2D eigenvalue weighted by Crippen LogP contribution is 2.25. The molecule has 0 spiro atoms. The number of nitrogens with zero attached hydrogens (tertiary/aromatic N) is 3. The summed E-state index contributed by atoms with van der Waals surface area (Å²) in [6, 6.07) is 0. The van der Waals surface area contributed by atoms with Crippen LogP contribution in [0.15, 0.2) is 5.03 Å². The second-order valence-electron chi connectivity index (χ2n) is 4.09. The Morgan fingerprint density at radius 2 is 1.83 bits per heavy atom. The van der Waals surface area contributed by atoms with E-state index in [2.05, 4.69) is 28.7 Å². The monoisotopic (exact) mass is 287 g/mol. The third-order valence-electron chi connectivity index (χ3n) is 2.95. The van der Waals surface area contributed by atoms with Gasteiger partial charge in [-0.15, -0.1) is 11.8 Å². The summed E-state index contributed by atoms with van der Waals surface area (Å²) in [6.07, 6.45) is 0.823. The molecule has 1 aromatic heterocycles. The lowest BCUT2D eigenvalue weighted by Gasteiger charge is -2.17. The van der Waals surface area contributed by atoms with E-state index in [0.29, 0.717) is 5.15 Å². The molecule has 0 aliphatic rings. The summed E-state index contributed by atoms with van der Waals surface area (Å²) in [5, 5.41) is 1.62. The Bertz CT molecular complexity index is 381. The van der Waals surface area contributed by atoms with E-state index in [9.17, 15) is 0 Å². The number of rotatable bonds is 7. The highest BCUT2D eigenvalue weighted by atomic mass is 35.5. The van der Waals surface area contributed by atoms with Crippen LogP contribution in [-0.2, 0) is 6.42 Å². The zero-order chi connectivity index (χ0) is 13.5. The molecule has 5 heteroatoms. The average Bonchev–Trinajstić information content (AvgIpc) is 2.39. The van der Waals surface area contributed by atoms with Crippen LogP contribution in [-0.4, -0.2) is 40.3 Å². The molecule has 0 aromatic carbocycles. The van der Waals surface area contributed by atoms with Crippen LogP contribution < -0.4 is 0 Å². The molecule has 1 aromatic rings. The van der Waals surface area contributed by atoms with Gasteiger partial charge < -0.3 is 4.90 Å². The summed E-state index contributed by atoms with van der Waals surface area (Å²) in [5.41, 5.74) is 0.999. The number of hydrogen-bond acceptors (Lipinski definition) is 4. The van der Waals surface area contributed by atoms with Crippen molar-refractivity contribution < 1.29 is 0 Å². The van der Waals surface area contributed by atoms with Crippen molar-refractivity contribution in [2.75, 3.05) is 25.4 Å². The summed E-state index contributed by atoms with van der Waals surface area (Å²) in [5.74, 6) is 1.87. The lowest BCUT2D eigenvalue weighted by atomic mass is 10.3. The van der Waals surface area contributed by atoms with E-state index < -0.39 is 0 Å². The zero-order valence-electron chi connectivity index (χ0n) is 11.7. The molecule has 0 amide bonds. The van der Waals surface area contributed by atoms with Crippen molar-refractivity contribution in [3.05, 3.63) is 16.5 Å². The number of halogens is 1. The largest absolute Gasteiger partial charge is 0.303 e. The Morgan fingerprint density at radius 1 is 1.17 bits per heavy atom. The van der Waals surface area contributed by atoms with Crippen LogP contribution in [0.1, 0.15) is 32.2 Å². The molecule has 0 N–H and O–H groups in total. The van der Waals surface area contributed by atoms with Gasteiger partial charge in [0, 0.05) is 24.3 Å². The quantitative estimate of drug-likeness (QED) is 0.567. The highest BCUT2D eigenvalue weighted by Gasteiger charge is 2.09. The van der Waals surface area contributed by atoms with E-state index in [1.54, 1.807) is 11.8 Å². The second kappa shape index (κ2) is 7.97. The van der Waals surface area contributed by atoms with Gasteiger partial charge in [-0.1, -0.05) is 32.4 Å². The Labute approximate surface area is 119 Å². The summed E-state index contributed by atoms with van der Waals surface area (Å²) in [7, 11) is 0. The molecular weight excluding hydrogens is 266 g/mol. The molecule has 1 rings (SSSR count). The molecule has 0 aliphatic carbocycles. The van der Waals surface area contributed by atoms with Crippen molar-refractivity contribution in [3.63, 3.8) is 0 Å². The Kier molecular flexibility index (Phi) is 6.97. The van der Waals surface area contributed by atoms with Crippen LogP contribution in [0.4, 0.5) is 0 Å². The summed E-state index contributed by atoms with van der Waals surface area (Å²) in [6.45, 7) is 11.7. The number of aromatic nitrogens is 2. The maximum absolute atomic E-state index is 6.12. The molecule has 3 nitrogen and oxygen atoms in total. The average molecular weight is 288 g/mol. The van der Waals surface area contributed by atoms with E-state index in [4.69, 9.17) is 11.6 Å². The van der Waals surface area contributed by atoms with E-state index in [1.807, 2.05) is 13.8 Å². The smallest absolute Gasteiger partial charge is 0.136 e. The molecule has 0 saturated carbocycles. The molecule has 102 valence electrons. The maximum Gasteiger partial charge on any atom is 0.136 e. The van der Waals surface area contributed by atoms with Crippen LogP contribution in [0.3, 0.4) is 0 Å². The van der Waals surface area contributed by atoms with Gasteiger partial charge in [0.2, 0.25) is 0 Å². The standard InChI is InChI=1S/C13H22ClN3S/c1-5-11-15-12(14)10(4)13(16-11)18-9-8-17(6-2)7-3/h5-9H2,1-4H3.